The van der Waals surface area contributed by atoms with Crippen LogP contribution in [0.3, 0.4) is 0 Å². The summed E-state index contributed by atoms with van der Waals surface area (Å²) in [5, 5.41) is 2.88. The van der Waals surface area contributed by atoms with Crippen molar-refractivity contribution in [2.75, 3.05) is 11.9 Å². The van der Waals surface area contributed by atoms with Crippen LogP contribution in [0.2, 0.25) is 0 Å². The number of para-hydroxylation sites is 1. The molecule has 0 unspecified atom stereocenters. The van der Waals surface area contributed by atoms with E-state index in [-0.39, 0.29) is 12.5 Å². The van der Waals surface area contributed by atoms with Gasteiger partial charge in [0.05, 0.1) is 5.57 Å². The molecule has 27 heavy (non-hydrogen) atoms. The number of anilines is 1. The minimum Gasteiger partial charge on any atom is -0.457 e. The van der Waals surface area contributed by atoms with Crippen molar-refractivity contribution in [2.45, 2.75) is 0 Å². The maximum absolute atomic E-state index is 12.9. The largest absolute Gasteiger partial charge is 0.457 e. The highest BCUT2D eigenvalue weighted by Crippen LogP contribution is 2.34. The molecule has 4 rings (SSSR count). The van der Waals surface area contributed by atoms with Gasteiger partial charge in [-0.15, -0.1) is 0 Å². The lowest BCUT2D eigenvalue weighted by molar-refractivity contribution is -0.133. The molecule has 0 aromatic heterocycles. The molecule has 0 fully saturated rings. The summed E-state index contributed by atoms with van der Waals surface area (Å²) in [6, 6.07) is 25.9. The Bertz CT molecular complexity index is 1020. The van der Waals surface area contributed by atoms with E-state index in [1.54, 1.807) is 18.2 Å². The van der Waals surface area contributed by atoms with Crippen LogP contribution >= 0.6 is 0 Å². The number of hydrogen-bond acceptors (Lipinski definition) is 3. The molecule has 0 atom stereocenters. The molecule has 0 bridgehead atoms. The lowest BCUT2D eigenvalue weighted by atomic mass is 9.93. The van der Waals surface area contributed by atoms with Crippen LogP contribution in [0.15, 0.2) is 84.9 Å². The van der Waals surface area contributed by atoms with Gasteiger partial charge in [-0.3, -0.25) is 4.79 Å². The fourth-order valence-electron chi connectivity index (χ4n) is 3.16. The highest BCUT2D eigenvalue weighted by Gasteiger charge is 2.29. The van der Waals surface area contributed by atoms with Gasteiger partial charge < -0.3 is 10.1 Å². The lowest BCUT2D eigenvalue weighted by Crippen LogP contribution is -2.15. The molecule has 132 valence electrons. The quantitative estimate of drug-likeness (QED) is 0.706. The minimum absolute atomic E-state index is 0.201. The number of nitrogens with one attached hydrogen (secondary N) is 1. The van der Waals surface area contributed by atoms with E-state index >= 15 is 0 Å². The average molecular weight is 355 g/mol. The maximum Gasteiger partial charge on any atom is 0.339 e. The van der Waals surface area contributed by atoms with Crippen LogP contribution in [0.1, 0.15) is 21.5 Å². The summed E-state index contributed by atoms with van der Waals surface area (Å²) in [5.41, 5.74) is 3.86. The van der Waals surface area contributed by atoms with Gasteiger partial charge in [-0.1, -0.05) is 66.7 Å². The maximum atomic E-state index is 12.9. The summed E-state index contributed by atoms with van der Waals surface area (Å²) >= 11 is 0. The van der Waals surface area contributed by atoms with Gasteiger partial charge in [-0.25, -0.2) is 4.79 Å². The number of carbonyl (C=O) groups is 2. The van der Waals surface area contributed by atoms with Crippen molar-refractivity contribution in [1.82, 2.24) is 0 Å². The van der Waals surface area contributed by atoms with Crippen LogP contribution in [0.4, 0.5) is 5.69 Å². The fraction of sp³-hybridized carbons (Fsp3) is 0.0435. The fourth-order valence-corrected chi connectivity index (χ4v) is 3.16. The van der Waals surface area contributed by atoms with Gasteiger partial charge in [0.15, 0.2) is 0 Å². The standard InChI is InChI=1S/C23H17NO3/c25-22(24-17-11-5-2-6-12-17)19-14-8-7-13-18(19)21-20(15-27-23(21)26)16-9-3-1-4-10-16/h1-14H,15H2,(H,24,25). The minimum atomic E-state index is -0.409. The monoisotopic (exact) mass is 355 g/mol. The Hall–Kier alpha value is -3.66. The Morgan fingerprint density at radius 3 is 2.19 bits per heavy atom. The van der Waals surface area contributed by atoms with E-state index in [4.69, 9.17) is 4.74 Å². The number of rotatable bonds is 4. The zero-order chi connectivity index (χ0) is 18.6. The molecule has 1 amide bonds. The van der Waals surface area contributed by atoms with Gasteiger partial charge in [-0.2, -0.15) is 0 Å². The first-order valence-electron chi connectivity index (χ1n) is 8.65. The van der Waals surface area contributed by atoms with Crippen molar-refractivity contribution in [2.24, 2.45) is 0 Å². The Labute approximate surface area is 157 Å². The summed E-state index contributed by atoms with van der Waals surface area (Å²) < 4.78 is 5.30. The Morgan fingerprint density at radius 1 is 0.815 bits per heavy atom. The average Bonchev–Trinajstić information content (AvgIpc) is 3.10. The van der Waals surface area contributed by atoms with E-state index in [1.165, 1.54) is 0 Å². The van der Waals surface area contributed by atoms with Crippen LogP contribution in [-0.4, -0.2) is 18.5 Å². The predicted octanol–water partition coefficient (Wildman–Crippen LogP) is 4.41. The van der Waals surface area contributed by atoms with Crippen LogP contribution in [0.5, 0.6) is 0 Å². The molecule has 4 nitrogen and oxygen atoms in total. The highest BCUT2D eigenvalue weighted by atomic mass is 16.5. The number of ether oxygens (including phenoxy) is 1. The molecular weight excluding hydrogens is 338 g/mol. The SMILES string of the molecule is O=C1OCC(c2ccccc2)=C1c1ccccc1C(=O)Nc1ccccc1. The number of esters is 1. The van der Waals surface area contributed by atoms with Crippen LogP contribution in [-0.2, 0) is 9.53 Å². The Balaban J connectivity index is 1.78. The first-order valence-corrected chi connectivity index (χ1v) is 8.65. The molecule has 0 aliphatic carbocycles. The van der Waals surface area contributed by atoms with Gasteiger partial charge >= 0.3 is 5.97 Å². The Kier molecular flexibility index (Phi) is 4.54. The van der Waals surface area contributed by atoms with Gasteiger partial charge in [-0.05, 0) is 23.8 Å². The second-order valence-corrected chi connectivity index (χ2v) is 6.16. The van der Waals surface area contributed by atoms with Gasteiger partial charge in [0, 0.05) is 22.4 Å². The Morgan fingerprint density at radius 2 is 1.44 bits per heavy atom. The normalized spacial score (nSPS) is 13.4. The molecule has 1 heterocycles. The smallest absolute Gasteiger partial charge is 0.339 e. The van der Waals surface area contributed by atoms with Gasteiger partial charge in [0.1, 0.15) is 6.61 Å². The summed E-state index contributed by atoms with van der Waals surface area (Å²) in [7, 11) is 0. The molecule has 0 saturated heterocycles. The van der Waals surface area contributed by atoms with Crippen molar-refractivity contribution >= 4 is 28.7 Å². The van der Waals surface area contributed by atoms with Crippen molar-refractivity contribution in [3.63, 3.8) is 0 Å². The molecule has 0 saturated carbocycles. The molecule has 0 radical (unpaired) electrons. The second-order valence-electron chi connectivity index (χ2n) is 6.16. The number of cyclic esters (lactones) is 1. The van der Waals surface area contributed by atoms with Crippen LogP contribution < -0.4 is 5.32 Å². The van der Waals surface area contributed by atoms with Crippen LogP contribution in [0, 0.1) is 0 Å². The van der Waals surface area contributed by atoms with Crippen molar-refractivity contribution in [3.05, 3.63) is 102 Å². The second kappa shape index (κ2) is 7.30. The van der Waals surface area contributed by atoms with Crippen molar-refractivity contribution in [1.29, 1.82) is 0 Å². The predicted molar refractivity (Wildman–Crippen MR) is 105 cm³/mol. The van der Waals surface area contributed by atoms with Gasteiger partial charge in [0.25, 0.3) is 5.91 Å². The van der Waals surface area contributed by atoms with Crippen molar-refractivity contribution < 1.29 is 14.3 Å². The zero-order valence-corrected chi connectivity index (χ0v) is 14.5. The third-order valence-electron chi connectivity index (χ3n) is 4.45. The highest BCUT2D eigenvalue weighted by molar-refractivity contribution is 6.29. The van der Waals surface area contributed by atoms with E-state index in [2.05, 4.69) is 5.32 Å². The number of amides is 1. The first-order chi connectivity index (χ1) is 13.2. The summed E-state index contributed by atoms with van der Waals surface area (Å²) in [6.45, 7) is 0.201. The summed E-state index contributed by atoms with van der Waals surface area (Å²) in [5.74, 6) is -0.676. The molecule has 4 heteroatoms. The third-order valence-corrected chi connectivity index (χ3v) is 4.45. The number of carbonyl (C=O) groups excluding carboxylic acids is 2. The summed E-state index contributed by atoms with van der Waals surface area (Å²) in [4.78, 5) is 25.3. The first kappa shape index (κ1) is 16.8. The van der Waals surface area contributed by atoms with E-state index in [9.17, 15) is 9.59 Å². The molecule has 1 N–H and O–H groups in total. The number of hydrogen-bond donors (Lipinski definition) is 1. The van der Waals surface area contributed by atoms with Gasteiger partial charge in [0.2, 0.25) is 0 Å². The van der Waals surface area contributed by atoms with Crippen LogP contribution in [0.25, 0.3) is 11.1 Å². The third kappa shape index (κ3) is 3.37. The zero-order valence-electron chi connectivity index (χ0n) is 14.5. The summed E-state index contributed by atoms with van der Waals surface area (Å²) in [6.07, 6.45) is 0. The lowest BCUT2D eigenvalue weighted by Gasteiger charge is -2.11. The molecule has 3 aromatic rings. The molecule has 1 aliphatic heterocycles. The molecule has 3 aromatic carbocycles. The molecule has 0 spiro atoms. The van der Waals surface area contributed by atoms with Crippen molar-refractivity contribution in [3.8, 4) is 0 Å². The van der Waals surface area contributed by atoms with E-state index < -0.39 is 5.97 Å². The van der Waals surface area contributed by atoms with E-state index in [0.717, 1.165) is 11.1 Å². The number of benzene rings is 3. The molecule has 1 aliphatic rings. The van der Waals surface area contributed by atoms with E-state index in [1.807, 2.05) is 66.7 Å². The van der Waals surface area contributed by atoms with E-state index in [0.29, 0.717) is 22.4 Å². The molecular formula is C23H17NO3. The topological polar surface area (TPSA) is 55.4 Å².